The molecular weight excluding hydrogens is 344 g/mol. The van der Waals surface area contributed by atoms with Crippen LogP contribution in [0.2, 0.25) is 0 Å². The third kappa shape index (κ3) is 7.30. The molecule has 0 unspecified atom stereocenters. The van der Waals surface area contributed by atoms with Crippen LogP contribution in [0.5, 0.6) is 0 Å². The molecule has 0 aromatic heterocycles. The van der Waals surface area contributed by atoms with E-state index in [1.54, 1.807) is 0 Å². The van der Waals surface area contributed by atoms with Gasteiger partial charge in [0.15, 0.2) is 0 Å². The molecule has 0 aromatic rings. The molecule has 2 fully saturated rings. The Labute approximate surface area is 163 Å². The second-order valence-electron chi connectivity index (χ2n) is 8.87. The number of carbonyl (C=O) groups excluding carboxylic acids is 2. The molecule has 0 spiro atoms. The Morgan fingerprint density at radius 1 is 1.07 bits per heavy atom. The van der Waals surface area contributed by atoms with Gasteiger partial charge in [0.05, 0.1) is 0 Å². The van der Waals surface area contributed by atoms with Crippen LogP contribution in [-0.2, 0) is 9.53 Å². The molecule has 3 N–H and O–H groups in total. The van der Waals surface area contributed by atoms with Gasteiger partial charge in [0.2, 0.25) is 0 Å². The van der Waals surface area contributed by atoms with E-state index in [2.05, 4.69) is 5.32 Å². The molecule has 0 bridgehead atoms. The number of amides is 2. The van der Waals surface area contributed by atoms with Crippen LogP contribution in [0.15, 0.2) is 0 Å². The molecule has 2 aliphatic rings. The first-order chi connectivity index (χ1) is 12.8. The van der Waals surface area contributed by atoms with E-state index in [-0.39, 0.29) is 18.0 Å². The molecule has 1 saturated heterocycles. The largest absolute Gasteiger partial charge is 0.460 e. The van der Waals surface area contributed by atoms with Gasteiger partial charge in [-0.15, -0.1) is 0 Å². The number of unbranched alkanes of at least 4 members (excludes halogenated alkanes) is 1. The van der Waals surface area contributed by atoms with Crippen molar-refractivity contribution in [3.63, 3.8) is 0 Å². The Hall–Kier alpha value is -1.34. The molecule has 27 heavy (non-hydrogen) atoms. The van der Waals surface area contributed by atoms with Gasteiger partial charge in [0.25, 0.3) is 0 Å². The summed E-state index contributed by atoms with van der Waals surface area (Å²) >= 11 is 0. The van der Waals surface area contributed by atoms with Crippen molar-refractivity contribution in [1.82, 2.24) is 15.2 Å². The van der Waals surface area contributed by atoms with Crippen molar-refractivity contribution in [3.05, 3.63) is 0 Å². The number of nitrogens with zero attached hydrogens (tertiary/aromatic N) is 2. The molecular formula is C20H38N4O3. The molecule has 2 rings (SSSR count). The minimum Gasteiger partial charge on any atom is -0.460 e. The fourth-order valence-corrected chi connectivity index (χ4v) is 4.03. The van der Waals surface area contributed by atoms with Crippen molar-refractivity contribution in [3.8, 4) is 0 Å². The van der Waals surface area contributed by atoms with Crippen LogP contribution in [0.3, 0.4) is 0 Å². The van der Waals surface area contributed by atoms with Crippen molar-refractivity contribution in [1.29, 1.82) is 0 Å². The molecule has 156 valence electrons. The number of hydrogen-bond acceptors (Lipinski definition) is 5. The van der Waals surface area contributed by atoms with Gasteiger partial charge >= 0.3 is 12.0 Å². The Bertz CT molecular complexity index is 480. The van der Waals surface area contributed by atoms with E-state index in [0.717, 1.165) is 32.4 Å². The summed E-state index contributed by atoms with van der Waals surface area (Å²) in [5.74, 6) is 5.92. The highest BCUT2D eigenvalue weighted by atomic mass is 16.6. The lowest BCUT2D eigenvalue weighted by molar-refractivity contribution is -0.154. The zero-order valence-corrected chi connectivity index (χ0v) is 17.3. The quantitative estimate of drug-likeness (QED) is 0.232. The Morgan fingerprint density at radius 2 is 1.78 bits per heavy atom. The van der Waals surface area contributed by atoms with E-state index in [4.69, 9.17) is 10.6 Å². The van der Waals surface area contributed by atoms with Gasteiger partial charge in [-0.1, -0.05) is 19.3 Å². The molecule has 1 aliphatic carbocycles. The molecule has 2 amide bonds. The number of rotatable bonds is 7. The molecule has 1 atom stereocenters. The number of hydrazine groups is 1. The van der Waals surface area contributed by atoms with Crippen molar-refractivity contribution in [2.45, 2.75) is 96.2 Å². The van der Waals surface area contributed by atoms with Crippen molar-refractivity contribution in [2.24, 2.45) is 5.84 Å². The van der Waals surface area contributed by atoms with Crippen LogP contribution >= 0.6 is 0 Å². The lowest BCUT2D eigenvalue weighted by Crippen LogP contribution is -2.56. The minimum atomic E-state index is -0.456. The first kappa shape index (κ1) is 22.0. The number of carbonyl (C=O) groups is 2. The lowest BCUT2D eigenvalue weighted by Gasteiger charge is -2.40. The summed E-state index contributed by atoms with van der Waals surface area (Å²) in [6.07, 6.45) is 8.52. The monoisotopic (exact) mass is 382 g/mol. The summed E-state index contributed by atoms with van der Waals surface area (Å²) < 4.78 is 5.31. The van der Waals surface area contributed by atoms with Gasteiger partial charge in [-0.25, -0.2) is 10.6 Å². The van der Waals surface area contributed by atoms with Crippen molar-refractivity contribution in [2.75, 3.05) is 19.6 Å². The van der Waals surface area contributed by atoms with E-state index in [1.807, 2.05) is 25.7 Å². The third-order valence-electron chi connectivity index (χ3n) is 5.31. The second kappa shape index (κ2) is 10.3. The van der Waals surface area contributed by atoms with E-state index >= 15 is 0 Å². The Morgan fingerprint density at radius 3 is 2.37 bits per heavy atom. The molecule has 7 heteroatoms. The van der Waals surface area contributed by atoms with Crippen LogP contribution in [0, 0.1) is 0 Å². The average Bonchev–Trinajstić information content (AvgIpc) is 3.12. The van der Waals surface area contributed by atoms with E-state index in [1.165, 1.54) is 24.3 Å². The van der Waals surface area contributed by atoms with Crippen molar-refractivity contribution < 1.29 is 14.3 Å². The highest BCUT2D eigenvalue weighted by Crippen LogP contribution is 2.26. The van der Waals surface area contributed by atoms with Crippen LogP contribution in [-0.4, -0.2) is 59.2 Å². The second-order valence-corrected chi connectivity index (χ2v) is 8.87. The van der Waals surface area contributed by atoms with Gasteiger partial charge < -0.3 is 15.0 Å². The van der Waals surface area contributed by atoms with Crippen LogP contribution in [0.25, 0.3) is 0 Å². The maximum absolute atomic E-state index is 13.1. The summed E-state index contributed by atoms with van der Waals surface area (Å²) in [6.45, 7) is 7.87. The smallest absolute Gasteiger partial charge is 0.334 e. The van der Waals surface area contributed by atoms with Gasteiger partial charge in [-0.05, 0) is 59.4 Å². The number of urea groups is 1. The molecule has 7 nitrogen and oxygen atoms in total. The summed E-state index contributed by atoms with van der Waals surface area (Å²) in [7, 11) is 0. The fraction of sp³-hybridized carbons (Fsp3) is 0.900. The first-order valence-corrected chi connectivity index (χ1v) is 10.5. The molecule has 1 heterocycles. The lowest BCUT2D eigenvalue weighted by atomic mass is 9.93. The maximum atomic E-state index is 13.1. The number of nitrogens with one attached hydrogen (secondary N) is 1. The van der Waals surface area contributed by atoms with E-state index in [0.29, 0.717) is 31.8 Å². The third-order valence-corrected chi connectivity index (χ3v) is 5.31. The summed E-state index contributed by atoms with van der Waals surface area (Å²) in [5, 5.41) is 4.71. The molecule has 0 radical (unpaired) electrons. The normalized spacial score (nSPS) is 21.1. The SMILES string of the molecule is CC(C)(C)OC(=O)CCCCN(N)C(=O)N(C1CCCCC1)[C@H]1CCNC1. The maximum Gasteiger partial charge on any atom is 0.334 e. The van der Waals surface area contributed by atoms with Gasteiger partial charge in [-0.2, -0.15) is 0 Å². The predicted molar refractivity (Wildman–Crippen MR) is 106 cm³/mol. The zero-order valence-electron chi connectivity index (χ0n) is 17.3. The van der Waals surface area contributed by atoms with Crippen LogP contribution < -0.4 is 11.2 Å². The van der Waals surface area contributed by atoms with E-state index < -0.39 is 5.60 Å². The number of hydrogen-bond donors (Lipinski definition) is 2. The highest BCUT2D eigenvalue weighted by Gasteiger charge is 2.34. The van der Waals surface area contributed by atoms with Crippen molar-refractivity contribution >= 4 is 12.0 Å². The zero-order chi connectivity index (χ0) is 19.9. The average molecular weight is 383 g/mol. The van der Waals surface area contributed by atoms with Gasteiger partial charge in [0, 0.05) is 31.6 Å². The van der Waals surface area contributed by atoms with Crippen LogP contribution in [0.4, 0.5) is 4.79 Å². The molecule has 1 saturated carbocycles. The predicted octanol–water partition coefficient (Wildman–Crippen LogP) is 2.79. The summed E-state index contributed by atoms with van der Waals surface area (Å²) in [6, 6.07) is 0.491. The van der Waals surface area contributed by atoms with E-state index in [9.17, 15) is 9.59 Å². The Balaban J connectivity index is 1.80. The number of ether oxygens (including phenoxy) is 1. The topological polar surface area (TPSA) is 87.9 Å². The van der Waals surface area contributed by atoms with Gasteiger partial charge in [0.1, 0.15) is 5.60 Å². The summed E-state index contributed by atoms with van der Waals surface area (Å²) in [5.41, 5.74) is -0.456. The molecule has 0 aromatic carbocycles. The highest BCUT2D eigenvalue weighted by molar-refractivity contribution is 5.74. The first-order valence-electron chi connectivity index (χ1n) is 10.5. The number of nitrogens with two attached hydrogens (primary N) is 1. The summed E-state index contributed by atoms with van der Waals surface area (Å²) in [4.78, 5) is 26.9. The molecule has 1 aliphatic heterocycles. The fourth-order valence-electron chi connectivity index (χ4n) is 4.03. The van der Waals surface area contributed by atoms with Gasteiger partial charge in [-0.3, -0.25) is 9.80 Å². The standard InChI is InChI=1S/C20H38N4O3/c1-20(2,3)27-18(25)11-7-8-14-23(21)19(26)24(17-12-13-22-15-17)16-9-5-4-6-10-16/h16-17,22H,4-15,21H2,1-3H3/t17-/m0/s1. The van der Waals surface area contributed by atoms with Crippen LogP contribution in [0.1, 0.15) is 78.6 Å². The Kier molecular flexibility index (Phi) is 8.35. The minimum absolute atomic E-state index is 0.0622. The number of esters is 1.